The van der Waals surface area contributed by atoms with Gasteiger partial charge >= 0.3 is 0 Å². The van der Waals surface area contributed by atoms with Crippen molar-refractivity contribution in [2.75, 3.05) is 26.7 Å². The minimum Gasteiger partial charge on any atom is -0.356 e. The number of halogens is 1. The Kier molecular flexibility index (Phi) is 6.06. The van der Waals surface area contributed by atoms with E-state index >= 15 is 0 Å². The van der Waals surface area contributed by atoms with E-state index in [1.54, 1.807) is 25.2 Å². The second-order valence-corrected chi connectivity index (χ2v) is 6.73. The Balaban J connectivity index is 1.43. The van der Waals surface area contributed by atoms with E-state index in [0.29, 0.717) is 31.2 Å². The maximum atomic E-state index is 14.1. The average molecular weight is 368 g/mol. The van der Waals surface area contributed by atoms with Gasteiger partial charge in [0.25, 0.3) is 5.91 Å². The van der Waals surface area contributed by atoms with Crippen LogP contribution in [0.2, 0.25) is 0 Å². The van der Waals surface area contributed by atoms with E-state index < -0.39 is 0 Å². The molecule has 1 fully saturated rings. The number of benzene rings is 2. The third-order valence-corrected chi connectivity index (χ3v) is 4.86. The Morgan fingerprint density at radius 2 is 1.67 bits per heavy atom. The van der Waals surface area contributed by atoms with Crippen LogP contribution in [0.15, 0.2) is 59.6 Å². The van der Waals surface area contributed by atoms with Gasteiger partial charge in [-0.05, 0) is 36.6 Å². The fourth-order valence-electron chi connectivity index (χ4n) is 3.11. The minimum atomic E-state index is -0.150. The van der Waals surface area contributed by atoms with E-state index in [2.05, 4.69) is 20.9 Å². The molecule has 5 nitrogen and oxygen atoms in total. The van der Waals surface area contributed by atoms with E-state index in [1.807, 2.05) is 30.3 Å². The Morgan fingerprint density at radius 1 is 1.00 bits per heavy atom. The number of amides is 1. The molecule has 2 aromatic carbocycles. The third kappa shape index (κ3) is 4.84. The van der Waals surface area contributed by atoms with E-state index in [9.17, 15) is 9.18 Å². The lowest BCUT2D eigenvalue weighted by Gasteiger charge is -2.19. The van der Waals surface area contributed by atoms with Gasteiger partial charge in [0.05, 0.1) is 0 Å². The van der Waals surface area contributed by atoms with Crippen LogP contribution in [-0.4, -0.2) is 38.5 Å². The molecule has 0 radical (unpaired) electrons. The number of guanidine groups is 1. The number of hydrogen-bond acceptors (Lipinski definition) is 2. The number of nitrogens with one attached hydrogen (secondary N) is 3. The van der Waals surface area contributed by atoms with E-state index in [-0.39, 0.29) is 17.1 Å². The average Bonchev–Trinajstić information content (AvgIpc) is 3.49. The number of aliphatic imine (C=N–C) groups is 1. The monoisotopic (exact) mass is 368 g/mol. The number of rotatable bonds is 7. The van der Waals surface area contributed by atoms with Gasteiger partial charge in [-0.25, -0.2) is 4.39 Å². The highest BCUT2D eigenvalue weighted by molar-refractivity contribution is 5.94. The highest BCUT2D eigenvalue weighted by Gasteiger charge is 2.45. The third-order valence-electron chi connectivity index (χ3n) is 4.86. The maximum absolute atomic E-state index is 14.1. The van der Waals surface area contributed by atoms with Gasteiger partial charge in [0, 0.05) is 37.7 Å². The highest BCUT2D eigenvalue weighted by Crippen LogP contribution is 2.48. The molecule has 0 spiro atoms. The molecule has 1 aliphatic carbocycles. The van der Waals surface area contributed by atoms with Crippen molar-refractivity contribution in [1.82, 2.24) is 16.0 Å². The van der Waals surface area contributed by atoms with Crippen molar-refractivity contribution in [3.8, 4) is 0 Å². The summed E-state index contributed by atoms with van der Waals surface area (Å²) in [6.07, 6.45) is 1.93. The minimum absolute atomic E-state index is 0.100. The summed E-state index contributed by atoms with van der Waals surface area (Å²) in [5.41, 5.74) is 1.26. The molecule has 142 valence electrons. The smallest absolute Gasteiger partial charge is 0.251 e. The van der Waals surface area contributed by atoms with E-state index in [4.69, 9.17) is 0 Å². The molecule has 1 aliphatic rings. The number of carbonyl (C=O) groups excluding carboxylic acids is 1. The van der Waals surface area contributed by atoms with Crippen LogP contribution < -0.4 is 16.0 Å². The lowest BCUT2D eigenvalue weighted by atomic mass is 9.95. The summed E-state index contributed by atoms with van der Waals surface area (Å²) in [6.45, 7) is 1.65. The molecular weight excluding hydrogens is 343 g/mol. The summed E-state index contributed by atoms with van der Waals surface area (Å²) in [5, 5.41) is 9.31. The molecule has 3 rings (SSSR count). The standard InChI is InChI=1S/C21H25FN4O/c1-23-20(25-14-13-24-19(27)16-7-3-2-4-8-16)26-15-21(11-12-21)17-9-5-6-10-18(17)22/h2-10H,11-15H2,1H3,(H,24,27)(H2,23,25,26). The van der Waals surface area contributed by atoms with Gasteiger partial charge in [0.2, 0.25) is 0 Å². The van der Waals surface area contributed by atoms with Crippen molar-refractivity contribution in [1.29, 1.82) is 0 Å². The zero-order valence-corrected chi connectivity index (χ0v) is 15.5. The molecule has 3 N–H and O–H groups in total. The lowest BCUT2D eigenvalue weighted by molar-refractivity contribution is 0.0954. The van der Waals surface area contributed by atoms with Crippen molar-refractivity contribution in [3.63, 3.8) is 0 Å². The first-order valence-corrected chi connectivity index (χ1v) is 9.17. The Morgan fingerprint density at radius 3 is 2.33 bits per heavy atom. The molecule has 1 amide bonds. The zero-order valence-electron chi connectivity index (χ0n) is 15.5. The first-order chi connectivity index (χ1) is 13.1. The predicted molar refractivity (Wildman–Crippen MR) is 105 cm³/mol. The largest absolute Gasteiger partial charge is 0.356 e. The molecule has 1 saturated carbocycles. The highest BCUT2D eigenvalue weighted by atomic mass is 19.1. The van der Waals surface area contributed by atoms with Crippen LogP contribution in [0.1, 0.15) is 28.8 Å². The van der Waals surface area contributed by atoms with Crippen LogP contribution in [-0.2, 0) is 5.41 Å². The normalized spacial score (nSPS) is 15.1. The molecule has 0 aromatic heterocycles. The van der Waals surface area contributed by atoms with Gasteiger partial charge in [-0.15, -0.1) is 0 Å². The van der Waals surface area contributed by atoms with Crippen LogP contribution in [0.4, 0.5) is 4.39 Å². The second-order valence-electron chi connectivity index (χ2n) is 6.73. The van der Waals surface area contributed by atoms with Crippen LogP contribution >= 0.6 is 0 Å². The molecule has 2 aromatic rings. The Labute approximate surface area is 159 Å². The number of carbonyl (C=O) groups is 1. The van der Waals surface area contributed by atoms with Gasteiger partial charge in [0.1, 0.15) is 5.82 Å². The van der Waals surface area contributed by atoms with Crippen LogP contribution in [0.3, 0.4) is 0 Å². The number of hydrogen-bond donors (Lipinski definition) is 3. The van der Waals surface area contributed by atoms with E-state index in [1.165, 1.54) is 6.07 Å². The van der Waals surface area contributed by atoms with Crippen LogP contribution in [0.25, 0.3) is 0 Å². The Bertz CT molecular complexity index is 803. The van der Waals surface area contributed by atoms with Crippen molar-refractivity contribution < 1.29 is 9.18 Å². The van der Waals surface area contributed by atoms with Gasteiger partial charge in [-0.2, -0.15) is 0 Å². The molecule has 0 unspecified atom stereocenters. The molecule has 0 atom stereocenters. The quantitative estimate of drug-likeness (QED) is 0.400. The van der Waals surface area contributed by atoms with Crippen molar-refractivity contribution in [3.05, 3.63) is 71.5 Å². The lowest BCUT2D eigenvalue weighted by Crippen LogP contribution is -2.44. The van der Waals surface area contributed by atoms with E-state index in [0.717, 1.165) is 18.4 Å². The summed E-state index contributed by atoms with van der Waals surface area (Å²) < 4.78 is 14.1. The summed E-state index contributed by atoms with van der Waals surface area (Å²) >= 11 is 0. The number of nitrogens with zero attached hydrogens (tertiary/aromatic N) is 1. The van der Waals surface area contributed by atoms with Crippen LogP contribution in [0.5, 0.6) is 0 Å². The van der Waals surface area contributed by atoms with Crippen LogP contribution in [0, 0.1) is 5.82 Å². The molecule has 6 heteroatoms. The molecule has 0 heterocycles. The van der Waals surface area contributed by atoms with Gasteiger partial charge in [0.15, 0.2) is 5.96 Å². The SMILES string of the molecule is CN=C(NCCNC(=O)c1ccccc1)NCC1(c2ccccc2F)CC1. The first kappa shape index (κ1) is 18.9. The predicted octanol–water partition coefficient (Wildman–Crippen LogP) is 2.45. The van der Waals surface area contributed by atoms with Crippen molar-refractivity contribution >= 4 is 11.9 Å². The summed E-state index contributed by atoms with van der Waals surface area (Å²) in [4.78, 5) is 16.2. The fraction of sp³-hybridized carbons (Fsp3) is 0.333. The van der Waals surface area contributed by atoms with Gasteiger partial charge < -0.3 is 16.0 Å². The molecule has 0 bridgehead atoms. The second kappa shape index (κ2) is 8.66. The topological polar surface area (TPSA) is 65.5 Å². The summed E-state index contributed by atoms with van der Waals surface area (Å²) in [6, 6.07) is 16.1. The van der Waals surface area contributed by atoms with Crippen molar-refractivity contribution in [2.45, 2.75) is 18.3 Å². The fourth-order valence-corrected chi connectivity index (χ4v) is 3.11. The maximum Gasteiger partial charge on any atom is 0.251 e. The Hall–Kier alpha value is -2.89. The van der Waals surface area contributed by atoms with Crippen molar-refractivity contribution in [2.24, 2.45) is 4.99 Å². The molecule has 27 heavy (non-hydrogen) atoms. The first-order valence-electron chi connectivity index (χ1n) is 9.17. The molecule has 0 saturated heterocycles. The van der Waals surface area contributed by atoms with Gasteiger partial charge in [-0.3, -0.25) is 9.79 Å². The molecular formula is C21H25FN4O. The zero-order chi connectivity index (χ0) is 19.1. The summed E-state index contributed by atoms with van der Waals surface area (Å²) in [7, 11) is 1.69. The molecule has 0 aliphatic heterocycles. The van der Waals surface area contributed by atoms with Gasteiger partial charge in [-0.1, -0.05) is 36.4 Å². The summed E-state index contributed by atoms with van der Waals surface area (Å²) in [5.74, 6) is 0.395.